The molecule has 90 valence electrons. The Kier molecular flexibility index (Phi) is 2.89. The van der Waals surface area contributed by atoms with Crippen molar-refractivity contribution in [1.82, 2.24) is 9.88 Å². The molecule has 0 amide bonds. The highest BCUT2D eigenvalue weighted by molar-refractivity contribution is 5.81. The average Bonchev–Trinajstić information content (AvgIpc) is 2.78. The zero-order chi connectivity index (χ0) is 11.7. The minimum absolute atomic E-state index is 0.552. The van der Waals surface area contributed by atoms with Crippen molar-refractivity contribution in [2.45, 2.75) is 38.8 Å². The largest absolute Gasteiger partial charge is 0.343 e. The minimum Gasteiger partial charge on any atom is -0.343 e. The molecule has 3 rings (SSSR count). The van der Waals surface area contributed by atoms with Gasteiger partial charge >= 0.3 is 0 Å². The molecule has 1 N–H and O–H groups in total. The third-order valence-corrected chi connectivity index (χ3v) is 3.83. The van der Waals surface area contributed by atoms with Gasteiger partial charge in [0.1, 0.15) is 0 Å². The number of para-hydroxylation sites is 1. The minimum atomic E-state index is 0.552. The monoisotopic (exact) mass is 228 g/mol. The van der Waals surface area contributed by atoms with Gasteiger partial charge in [-0.3, -0.25) is 0 Å². The van der Waals surface area contributed by atoms with E-state index in [-0.39, 0.29) is 0 Å². The lowest BCUT2D eigenvalue weighted by Gasteiger charge is -2.24. The van der Waals surface area contributed by atoms with Crippen LogP contribution in [0.5, 0.6) is 0 Å². The molecule has 1 aliphatic rings. The van der Waals surface area contributed by atoms with Gasteiger partial charge in [-0.2, -0.15) is 0 Å². The molecule has 2 heteroatoms. The van der Waals surface area contributed by atoms with Crippen molar-refractivity contribution in [2.75, 3.05) is 6.54 Å². The number of rotatable bonds is 2. The summed E-state index contributed by atoms with van der Waals surface area (Å²) in [7, 11) is 0. The fraction of sp³-hybridized carbons (Fsp3) is 0.467. The Labute approximate surface area is 103 Å². The zero-order valence-electron chi connectivity index (χ0n) is 10.4. The maximum atomic E-state index is 3.65. The van der Waals surface area contributed by atoms with E-state index in [0.29, 0.717) is 6.04 Å². The second-order valence-corrected chi connectivity index (χ2v) is 4.87. The molecule has 0 spiro atoms. The van der Waals surface area contributed by atoms with E-state index < -0.39 is 0 Å². The fourth-order valence-corrected chi connectivity index (χ4v) is 2.98. The summed E-state index contributed by atoms with van der Waals surface area (Å²) in [6.45, 7) is 4.45. The predicted octanol–water partition coefficient (Wildman–Crippen LogP) is 3.48. The molecule has 1 aliphatic heterocycles. The van der Waals surface area contributed by atoms with Crippen molar-refractivity contribution < 1.29 is 0 Å². The van der Waals surface area contributed by atoms with Crippen LogP contribution in [0.1, 0.15) is 37.9 Å². The Morgan fingerprint density at radius 1 is 1.29 bits per heavy atom. The first-order valence-corrected chi connectivity index (χ1v) is 6.71. The maximum absolute atomic E-state index is 3.65. The van der Waals surface area contributed by atoms with E-state index in [9.17, 15) is 0 Å². The van der Waals surface area contributed by atoms with Gasteiger partial charge in [0.05, 0.1) is 0 Å². The highest BCUT2D eigenvalue weighted by atomic mass is 15.0. The summed E-state index contributed by atoms with van der Waals surface area (Å²) < 4.78 is 2.46. The average molecular weight is 228 g/mol. The number of fused-ring (bicyclic) bond motifs is 1. The van der Waals surface area contributed by atoms with Crippen LogP contribution in [0.3, 0.4) is 0 Å². The lowest BCUT2D eigenvalue weighted by molar-refractivity contribution is 0.396. The normalized spacial score (nSPS) is 20.9. The molecule has 0 unspecified atom stereocenters. The molecular formula is C15H20N2. The Hall–Kier alpha value is -1.28. The van der Waals surface area contributed by atoms with E-state index in [1.54, 1.807) is 0 Å². The van der Waals surface area contributed by atoms with Crippen molar-refractivity contribution in [3.05, 3.63) is 36.0 Å². The van der Waals surface area contributed by atoms with Gasteiger partial charge in [0, 0.05) is 23.8 Å². The quantitative estimate of drug-likeness (QED) is 0.832. The van der Waals surface area contributed by atoms with Crippen LogP contribution < -0.4 is 5.32 Å². The van der Waals surface area contributed by atoms with E-state index in [4.69, 9.17) is 0 Å². The van der Waals surface area contributed by atoms with Crippen molar-refractivity contribution in [3.63, 3.8) is 0 Å². The summed E-state index contributed by atoms with van der Waals surface area (Å²) in [5.41, 5.74) is 2.84. The number of hydrogen-bond acceptors (Lipinski definition) is 1. The fourth-order valence-electron chi connectivity index (χ4n) is 2.98. The van der Waals surface area contributed by atoms with Gasteiger partial charge in [-0.15, -0.1) is 0 Å². The predicted molar refractivity (Wildman–Crippen MR) is 72.2 cm³/mol. The highest BCUT2D eigenvalue weighted by Gasteiger charge is 2.19. The number of nitrogens with zero attached hydrogens (tertiary/aromatic N) is 1. The Morgan fingerprint density at radius 3 is 2.94 bits per heavy atom. The van der Waals surface area contributed by atoms with E-state index in [1.807, 2.05) is 0 Å². The van der Waals surface area contributed by atoms with Crippen LogP contribution in [0.25, 0.3) is 10.9 Å². The van der Waals surface area contributed by atoms with Gasteiger partial charge in [-0.05, 0) is 43.8 Å². The summed E-state index contributed by atoms with van der Waals surface area (Å²) in [4.78, 5) is 0. The summed E-state index contributed by atoms with van der Waals surface area (Å²) in [5, 5.41) is 5.02. The van der Waals surface area contributed by atoms with E-state index in [0.717, 1.165) is 13.1 Å². The third kappa shape index (κ3) is 1.87. The van der Waals surface area contributed by atoms with Gasteiger partial charge in [-0.1, -0.05) is 24.6 Å². The molecule has 1 saturated heterocycles. The van der Waals surface area contributed by atoms with Crippen LogP contribution in [0.2, 0.25) is 0 Å². The smallest absolute Gasteiger partial charge is 0.0482 e. The van der Waals surface area contributed by atoms with Gasteiger partial charge in [0.15, 0.2) is 0 Å². The van der Waals surface area contributed by atoms with Crippen molar-refractivity contribution >= 4 is 10.9 Å². The molecule has 1 aromatic heterocycles. The summed E-state index contributed by atoms with van der Waals surface area (Å²) in [6.07, 6.45) is 3.95. The topological polar surface area (TPSA) is 17.0 Å². The second-order valence-electron chi connectivity index (χ2n) is 4.87. The number of hydrogen-bond donors (Lipinski definition) is 1. The molecule has 2 aromatic rings. The molecule has 0 radical (unpaired) electrons. The number of benzene rings is 1. The first kappa shape index (κ1) is 10.8. The van der Waals surface area contributed by atoms with Crippen LogP contribution in [-0.4, -0.2) is 11.1 Å². The van der Waals surface area contributed by atoms with E-state index in [2.05, 4.69) is 47.1 Å². The zero-order valence-corrected chi connectivity index (χ0v) is 10.4. The molecule has 1 aromatic carbocycles. The number of aryl methyl sites for hydroxylation is 1. The molecule has 0 bridgehead atoms. The van der Waals surface area contributed by atoms with Crippen LogP contribution >= 0.6 is 0 Å². The summed E-state index contributed by atoms with van der Waals surface area (Å²) in [6, 6.07) is 11.6. The van der Waals surface area contributed by atoms with Crippen LogP contribution in [-0.2, 0) is 6.54 Å². The van der Waals surface area contributed by atoms with Crippen molar-refractivity contribution in [3.8, 4) is 0 Å². The third-order valence-electron chi connectivity index (χ3n) is 3.83. The lowest BCUT2D eigenvalue weighted by atomic mass is 10.0. The molecular weight excluding hydrogens is 208 g/mol. The highest BCUT2D eigenvalue weighted by Crippen LogP contribution is 2.28. The number of aromatic nitrogens is 1. The Morgan fingerprint density at radius 2 is 2.18 bits per heavy atom. The first-order chi connectivity index (χ1) is 8.40. The van der Waals surface area contributed by atoms with Crippen LogP contribution in [0.15, 0.2) is 30.3 Å². The first-order valence-electron chi connectivity index (χ1n) is 6.71. The van der Waals surface area contributed by atoms with Crippen LogP contribution in [0.4, 0.5) is 0 Å². The summed E-state index contributed by atoms with van der Waals surface area (Å²) >= 11 is 0. The molecule has 1 atom stereocenters. The van der Waals surface area contributed by atoms with E-state index in [1.165, 1.54) is 35.9 Å². The van der Waals surface area contributed by atoms with E-state index >= 15 is 0 Å². The lowest BCUT2D eigenvalue weighted by Crippen LogP contribution is -2.28. The molecule has 2 nitrogen and oxygen atoms in total. The Balaban J connectivity index is 2.08. The van der Waals surface area contributed by atoms with Gasteiger partial charge in [0.25, 0.3) is 0 Å². The maximum Gasteiger partial charge on any atom is 0.0482 e. The summed E-state index contributed by atoms with van der Waals surface area (Å²) in [5.74, 6) is 0. The molecule has 0 aliphatic carbocycles. The Bertz CT molecular complexity index is 507. The molecule has 1 fully saturated rings. The van der Waals surface area contributed by atoms with Crippen molar-refractivity contribution in [2.24, 2.45) is 0 Å². The standard InChI is InChI=1S/C15H20N2/c1-2-17-14-9-4-3-7-12(14)11-15(17)13-8-5-6-10-16-13/h3-4,7,9,11,13,16H,2,5-6,8,10H2,1H3/t13-/m0/s1. The molecule has 0 saturated carbocycles. The SMILES string of the molecule is CCn1c([C@@H]2CCCCN2)cc2ccccc21. The molecule has 2 heterocycles. The number of nitrogens with one attached hydrogen (secondary N) is 1. The molecule has 17 heavy (non-hydrogen) atoms. The van der Waals surface area contributed by atoms with Gasteiger partial charge < -0.3 is 9.88 Å². The number of piperidine rings is 1. The second kappa shape index (κ2) is 4.53. The van der Waals surface area contributed by atoms with Crippen LogP contribution in [0, 0.1) is 0 Å². The van der Waals surface area contributed by atoms with Gasteiger partial charge in [-0.25, -0.2) is 0 Å². The van der Waals surface area contributed by atoms with Crippen molar-refractivity contribution in [1.29, 1.82) is 0 Å². The van der Waals surface area contributed by atoms with Gasteiger partial charge in [0.2, 0.25) is 0 Å².